The molecule has 0 saturated heterocycles. The Morgan fingerprint density at radius 3 is 2.62 bits per heavy atom. The van der Waals surface area contributed by atoms with Gasteiger partial charge in [0.25, 0.3) is 0 Å². The van der Waals surface area contributed by atoms with Crippen molar-refractivity contribution in [3.05, 3.63) is 76.0 Å². The van der Waals surface area contributed by atoms with Crippen molar-refractivity contribution in [3.8, 4) is 11.3 Å². The molecule has 5 nitrogen and oxygen atoms in total. The summed E-state index contributed by atoms with van der Waals surface area (Å²) in [6.45, 7) is 1.88. The van der Waals surface area contributed by atoms with E-state index < -0.39 is 35.5 Å². The van der Waals surface area contributed by atoms with Crippen molar-refractivity contribution < 1.29 is 31.9 Å². The van der Waals surface area contributed by atoms with E-state index >= 15 is 0 Å². The van der Waals surface area contributed by atoms with Gasteiger partial charge in [0.1, 0.15) is 17.7 Å². The summed E-state index contributed by atoms with van der Waals surface area (Å²) >= 11 is 0. The van der Waals surface area contributed by atoms with Crippen molar-refractivity contribution in [3.63, 3.8) is 0 Å². The third kappa shape index (κ3) is 3.66. The van der Waals surface area contributed by atoms with Crippen molar-refractivity contribution in [2.75, 3.05) is 6.54 Å². The number of aromatic nitrogens is 2. The number of carbonyl (C=O) groups is 1. The number of aliphatic hydroxyl groups is 1. The van der Waals surface area contributed by atoms with Gasteiger partial charge in [-0.2, -0.15) is 18.3 Å². The maximum Gasteiger partial charge on any atom is 0.416 e. The average Bonchev–Trinajstić information content (AvgIpc) is 3.30. The summed E-state index contributed by atoms with van der Waals surface area (Å²) in [5, 5.41) is 15.4. The molecule has 1 amide bonds. The monoisotopic (exact) mass is 477 g/mol. The molecule has 0 bridgehead atoms. The van der Waals surface area contributed by atoms with Gasteiger partial charge >= 0.3 is 6.18 Å². The molecule has 0 unspecified atom stereocenters. The summed E-state index contributed by atoms with van der Waals surface area (Å²) in [5.74, 6) is -1.75. The van der Waals surface area contributed by atoms with Gasteiger partial charge in [0.2, 0.25) is 5.91 Å². The Bertz CT molecular complexity index is 1300. The molecule has 10 heteroatoms. The molecule has 178 valence electrons. The molecule has 1 aliphatic carbocycles. The fourth-order valence-corrected chi connectivity index (χ4v) is 4.94. The molecule has 2 aromatic carbocycles. The van der Waals surface area contributed by atoms with Crippen LogP contribution in [-0.2, 0) is 30.4 Å². The van der Waals surface area contributed by atoms with Crippen LogP contribution in [0.15, 0.2) is 36.4 Å². The summed E-state index contributed by atoms with van der Waals surface area (Å²) < 4.78 is 70.0. The van der Waals surface area contributed by atoms with Gasteiger partial charge in [-0.15, -0.1) is 0 Å². The lowest BCUT2D eigenvalue weighted by molar-refractivity contribution is -0.137. The quantitative estimate of drug-likeness (QED) is 0.562. The van der Waals surface area contributed by atoms with Crippen LogP contribution in [0.4, 0.5) is 22.0 Å². The molecule has 1 aromatic heterocycles. The Morgan fingerprint density at radius 2 is 1.91 bits per heavy atom. The number of aliphatic hydroxyl groups excluding tert-OH is 1. The highest BCUT2D eigenvalue weighted by Crippen LogP contribution is 2.41. The number of alkyl halides is 3. The summed E-state index contributed by atoms with van der Waals surface area (Å²) in [5.41, 5.74) is 1.20. The Hall–Kier alpha value is -3.27. The molecular weight excluding hydrogens is 457 g/mol. The number of nitrogens with zero attached hydrogens (tertiary/aromatic N) is 3. The molecule has 0 saturated carbocycles. The second-order valence-corrected chi connectivity index (χ2v) is 8.66. The molecule has 3 aromatic rings. The van der Waals surface area contributed by atoms with Crippen molar-refractivity contribution >= 4 is 5.91 Å². The van der Waals surface area contributed by atoms with Crippen LogP contribution in [0.3, 0.4) is 0 Å². The highest BCUT2D eigenvalue weighted by atomic mass is 19.4. The Labute approximate surface area is 191 Å². The Morgan fingerprint density at radius 1 is 1.15 bits per heavy atom. The molecular formula is C24H20F5N3O2. The first-order valence-corrected chi connectivity index (χ1v) is 10.7. The molecule has 0 fully saturated rings. The summed E-state index contributed by atoms with van der Waals surface area (Å²) in [4.78, 5) is 13.6. The first kappa shape index (κ1) is 22.5. The van der Waals surface area contributed by atoms with Gasteiger partial charge in [-0.05, 0) is 29.3 Å². The van der Waals surface area contributed by atoms with Crippen LogP contribution in [0.1, 0.15) is 40.9 Å². The zero-order valence-electron chi connectivity index (χ0n) is 18.0. The zero-order valence-corrected chi connectivity index (χ0v) is 18.0. The normalized spacial score (nSPS) is 19.8. The topological polar surface area (TPSA) is 58.4 Å². The Kier molecular flexibility index (Phi) is 5.23. The molecule has 1 aliphatic heterocycles. The third-order valence-electron chi connectivity index (χ3n) is 6.55. The van der Waals surface area contributed by atoms with Gasteiger partial charge in [0.15, 0.2) is 0 Å². The van der Waals surface area contributed by atoms with E-state index in [1.165, 1.54) is 23.7 Å². The number of amides is 1. The molecule has 2 aliphatic rings. The standard InChI is InChI=1S/C24H20F5N3O2/c1-12(33)31-6-5-20-18(11-31)22(13-3-2-4-14(7-13)24(27,28)29)30-32(20)23-17-8-15(25)9-19(26)16(17)10-21(23)34/h2-4,7-9,21,23,34H,5-6,10-11H2,1H3/t21-,23-/m0/s1. The summed E-state index contributed by atoms with van der Waals surface area (Å²) in [6, 6.07) is 5.72. The number of fused-ring (bicyclic) bond motifs is 2. The van der Waals surface area contributed by atoms with Crippen LogP contribution in [0.5, 0.6) is 0 Å². The molecule has 2 heterocycles. The smallest absolute Gasteiger partial charge is 0.390 e. The predicted molar refractivity (Wildman–Crippen MR) is 112 cm³/mol. The van der Waals surface area contributed by atoms with Crippen molar-refractivity contribution in [2.45, 2.75) is 44.6 Å². The van der Waals surface area contributed by atoms with Crippen molar-refractivity contribution in [1.82, 2.24) is 14.7 Å². The number of rotatable bonds is 2. The van der Waals surface area contributed by atoms with Crippen molar-refractivity contribution in [2.24, 2.45) is 0 Å². The lowest BCUT2D eigenvalue weighted by Gasteiger charge is -2.28. The number of halogens is 5. The minimum atomic E-state index is -4.56. The van der Waals surface area contributed by atoms with Crippen LogP contribution >= 0.6 is 0 Å². The lowest BCUT2D eigenvalue weighted by Crippen LogP contribution is -2.35. The van der Waals surface area contributed by atoms with E-state index in [9.17, 15) is 31.9 Å². The molecule has 5 rings (SSSR count). The lowest BCUT2D eigenvalue weighted by atomic mass is 9.99. The summed E-state index contributed by atoms with van der Waals surface area (Å²) in [6.07, 6.45) is -5.37. The highest BCUT2D eigenvalue weighted by molar-refractivity contribution is 5.75. The van der Waals surface area contributed by atoms with Gasteiger partial charge in [-0.25, -0.2) is 8.78 Å². The second kappa shape index (κ2) is 7.90. The molecule has 1 N–H and O–H groups in total. The van der Waals surface area contributed by atoms with E-state index in [4.69, 9.17) is 0 Å². The Balaban J connectivity index is 1.69. The van der Waals surface area contributed by atoms with Crippen LogP contribution < -0.4 is 0 Å². The number of carbonyl (C=O) groups excluding carboxylic acids is 1. The van der Waals surface area contributed by atoms with Crippen molar-refractivity contribution in [1.29, 1.82) is 0 Å². The SMILES string of the molecule is CC(=O)N1CCc2c(c(-c3cccc(C(F)(F)F)c3)nn2[C@H]2c3cc(F)cc(F)c3C[C@@H]2O)C1. The number of hydrogen-bond donors (Lipinski definition) is 1. The van der Waals surface area contributed by atoms with E-state index in [1.807, 2.05) is 0 Å². The van der Waals surface area contributed by atoms with E-state index in [0.29, 0.717) is 24.2 Å². The minimum Gasteiger partial charge on any atom is -0.390 e. The van der Waals surface area contributed by atoms with Crippen LogP contribution in [-0.4, -0.2) is 38.3 Å². The maximum atomic E-state index is 14.4. The third-order valence-corrected chi connectivity index (χ3v) is 6.55. The van der Waals surface area contributed by atoms with Gasteiger partial charge in [0.05, 0.1) is 17.4 Å². The minimum absolute atomic E-state index is 0.0425. The average molecular weight is 477 g/mol. The molecule has 2 atom stereocenters. The largest absolute Gasteiger partial charge is 0.416 e. The highest BCUT2D eigenvalue weighted by Gasteiger charge is 2.39. The fraction of sp³-hybridized carbons (Fsp3) is 0.333. The van der Waals surface area contributed by atoms with Gasteiger partial charge in [0, 0.05) is 55.7 Å². The van der Waals surface area contributed by atoms with E-state index in [2.05, 4.69) is 5.10 Å². The van der Waals surface area contributed by atoms with Gasteiger partial charge in [-0.3, -0.25) is 9.48 Å². The first-order chi connectivity index (χ1) is 16.0. The number of benzene rings is 2. The predicted octanol–water partition coefficient (Wildman–Crippen LogP) is 4.26. The van der Waals surface area contributed by atoms with Crippen LogP contribution in [0.2, 0.25) is 0 Å². The maximum absolute atomic E-state index is 14.4. The van der Waals surface area contributed by atoms with Crippen LogP contribution in [0, 0.1) is 11.6 Å². The van der Waals surface area contributed by atoms with Crippen LogP contribution in [0.25, 0.3) is 11.3 Å². The zero-order chi connectivity index (χ0) is 24.4. The van der Waals surface area contributed by atoms with Gasteiger partial charge < -0.3 is 10.0 Å². The van der Waals surface area contributed by atoms with Gasteiger partial charge in [-0.1, -0.05) is 12.1 Å². The number of hydrogen-bond acceptors (Lipinski definition) is 3. The molecule has 0 radical (unpaired) electrons. The van der Waals surface area contributed by atoms with E-state index in [1.54, 1.807) is 4.90 Å². The first-order valence-electron chi connectivity index (χ1n) is 10.7. The summed E-state index contributed by atoms with van der Waals surface area (Å²) in [7, 11) is 0. The molecule has 34 heavy (non-hydrogen) atoms. The van der Waals surface area contributed by atoms with E-state index in [0.717, 1.165) is 24.3 Å². The van der Waals surface area contributed by atoms with E-state index in [-0.39, 0.29) is 41.3 Å². The second-order valence-electron chi connectivity index (χ2n) is 8.66. The fourth-order valence-electron chi connectivity index (χ4n) is 4.94. The molecule has 0 spiro atoms.